The fourth-order valence-corrected chi connectivity index (χ4v) is 2.29. The molecule has 0 radical (unpaired) electrons. The smallest absolute Gasteiger partial charge is 0.308 e. The molecule has 0 aromatic carbocycles. The molecule has 1 aliphatic heterocycles. The van der Waals surface area contributed by atoms with Crippen LogP contribution in [0.15, 0.2) is 22.8 Å². The van der Waals surface area contributed by atoms with E-state index in [4.69, 9.17) is 5.11 Å². The second-order valence-electron chi connectivity index (χ2n) is 3.94. The molecule has 2 heterocycles. The SMILES string of the molecule is O=C(O)[C@@H]1CCCN(c2cccc(Br)n2)C1. The number of carboxylic acid groups (broad SMARTS) is 1. The van der Waals surface area contributed by atoms with Gasteiger partial charge in [-0.2, -0.15) is 0 Å². The average Bonchev–Trinajstić information content (AvgIpc) is 2.29. The Morgan fingerprint density at radius 2 is 2.38 bits per heavy atom. The summed E-state index contributed by atoms with van der Waals surface area (Å²) in [7, 11) is 0. The average molecular weight is 285 g/mol. The Labute approximate surface area is 102 Å². The number of rotatable bonds is 2. The Morgan fingerprint density at radius 1 is 1.56 bits per heavy atom. The van der Waals surface area contributed by atoms with Crippen LogP contribution >= 0.6 is 15.9 Å². The zero-order valence-electron chi connectivity index (χ0n) is 8.77. The highest BCUT2D eigenvalue weighted by Crippen LogP contribution is 2.22. The lowest BCUT2D eigenvalue weighted by Gasteiger charge is -2.31. The van der Waals surface area contributed by atoms with Gasteiger partial charge in [-0.25, -0.2) is 4.98 Å². The molecule has 16 heavy (non-hydrogen) atoms. The van der Waals surface area contributed by atoms with Gasteiger partial charge in [-0.15, -0.1) is 0 Å². The summed E-state index contributed by atoms with van der Waals surface area (Å²) in [4.78, 5) is 17.3. The molecule has 4 nitrogen and oxygen atoms in total. The first-order chi connectivity index (χ1) is 7.66. The fraction of sp³-hybridized carbons (Fsp3) is 0.455. The summed E-state index contributed by atoms with van der Waals surface area (Å²) in [6.45, 7) is 1.44. The molecular formula is C11H13BrN2O2. The van der Waals surface area contributed by atoms with Crippen molar-refractivity contribution in [2.45, 2.75) is 12.8 Å². The highest BCUT2D eigenvalue weighted by Gasteiger charge is 2.25. The van der Waals surface area contributed by atoms with Crippen LogP contribution < -0.4 is 4.90 Å². The summed E-state index contributed by atoms with van der Waals surface area (Å²) >= 11 is 3.32. The molecule has 0 amide bonds. The number of aromatic nitrogens is 1. The van der Waals surface area contributed by atoms with Crippen molar-refractivity contribution in [3.63, 3.8) is 0 Å². The van der Waals surface area contributed by atoms with Crippen LogP contribution in [0.4, 0.5) is 5.82 Å². The molecule has 1 aromatic rings. The lowest BCUT2D eigenvalue weighted by molar-refractivity contribution is -0.141. The number of nitrogens with zero attached hydrogens (tertiary/aromatic N) is 2. The number of pyridine rings is 1. The standard InChI is InChI=1S/C11H13BrN2O2/c12-9-4-1-5-10(13-9)14-6-2-3-8(7-14)11(15)16/h1,4-5,8H,2-3,6-7H2,(H,15,16)/t8-/m1/s1. The molecule has 1 N–H and O–H groups in total. The van der Waals surface area contributed by atoms with E-state index in [0.717, 1.165) is 29.8 Å². The van der Waals surface area contributed by atoms with Crippen LogP contribution in [0.1, 0.15) is 12.8 Å². The van der Waals surface area contributed by atoms with E-state index in [1.54, 1.807) is 0 Å². The monoisotopic (exact) mass is 284 g/mol. The topological polar surface area (TPSA) is 53.4 Å². The van der Waals surface area contributed by atoms with Crippen molar-refractivity contribution in [2.24, 2.45) is 5.92 Å². The summed E-state index contributed by atoms with van der Waals surface area (Å²) in [5, 5.41) is 9.00. The second kappa shape index (κ2) is 4.82. The Hall–Kier alpha value is -1.10. The van der Waals surface area contributed by atoms with E-state index in [0.29, 0.717) is 6.54 Å². The second-order valence-corrected chi connectivity index (χ2v) is 4.75. The lowest BCUT2D eigenvalue weighted by Crippen LogP contribution is -2.39. The van der Waals surface area contributed by atoms with Crippen LogP contribution in [0.5, 0.6) is 0 Å². The molecule has 1 saturated heterocycles. The van der Waals surface area contributed by atoms with Crippen molar-refractivity contribution >= 4 is 27.7 Å². The normalized spacial score (nSPS) is 20.8. The predicted molar refractivity (Wildman–Crippen MR) is 64.5 cm³/mol. The van der Waals surface area contributed by atoms with Gasteiger partial charge in [0.25, 0.3) is 0 Å². The summed E-state index contributed by atoms with van der Waals surface area (Å²) in [6.07, 6.45) is 1.67. The number of aliphatic carboxylic acids is 1. The van der Waals surface area contributed by atoms with E-state index in [9.17, 15) is 4.79 Å². The summed E-state index contributed by atoms with van der Waals surface area (Å²) in [5.41, 5.74) is 0. The molecule has 1 fully saturated rings. The van der Waals surface area contributed by atoms with Gasteiger partial charge in [0.15, 0.2) is 0 Å². The van der Waals surface area contributed by atoms with E-state index in [-0.39, 0.29) is 5.92 Å². The number of hydrogen-bond acceptors (Lipinski definition) is 3. The molecule has 1 aliphatic rings. The number of halogens is 1. The number of carboxylic acids is 1. The molecular weight excluding hydrogens is 272 g/mol. The van der Waals surface area contributed by atoms with Gasteiger partial charge in [-0.3, -0.25) is 4.79 Å². The summed E-state index contributed by atoms with van der Waals surface area (Å²) in [6, 6.07) is 5.69. The van der Waals surface area contributed by atoms with Gasteiger partial charge in [0.2, 0.25) is 0 Å². The third-order valence-electron chi connectivity index (χ3n) is 2.80. The number of hydrogen-bond donors (Lipinski definition) is 1. The van der Waals surface area contributed by atoms with Crippen LogP contribution in [-0.2, 0) is 4.79 Å². The molecule has 5 heteroatoms. The summed E-state index contributed by atoms with van der Waals surface area (Å²) in [5.74, 6) is -0.130. The van der Waals surface area contributed by atoms with Crippen LogP contribution in [0.25, 0.3) is 0 Å². The van der Waals surface area contributed by atoms with E-state index in [1.807, 2.05) is 23.1 Å². The van der Waals surface area contributed by atoms with Crippen LogP contribution in [0, 0.1) is 5.92 Å². The number of anilines is 1. The maximum Gasteiger partial charge on any atom is 0.308 e. The van der Waals surface area contributed by atoms with E-state index in [2.05, 4.69) is 20.9 Å². The third-order valence-corrected chi connectivity index (χ3v) is 3.24. The van der Waals surface area contributed by atoms with Gasteiger partial charge in [0.05, 0.1) is 5.92 Å². The van der Waals surface area contributed by atoms with Crippen molar-refractivity contribution in [3.8, 4) is 0 Å². The minimum atomic E-state index is -0.709. The van der Waals surface area contributed by atoms with Gasteiger partial charge in [-0.1, -0.05) is 6.07 Å². The van der Waals surface area contributed by atoms with Gasteiger partial charge in [0, 0.05) is 13.1 Å². The first kappa shape index (κ1) is 11.4. The molecule has 0 bridgehead atoms. The molecule has 1 atom stereocenters. The maximum absolute atomic E-state index is 10.9. The van der Waals surface area contributed by atoms with Gasteiger partial charge >= 0.3 is 5.97 Å². The Balaban J connectivity index is 2.12. The predicted octanol–water partition coefficient (Wildman–Crippen LogP) is 2.15. The van der Waals surface area contributed by atoms with Crippen LogP contribution in [-0.4, -0.2) is 29.1 Å². The van der Waals surface area contributed by atoms with Crippen molar-refractivity contribution in [2.75, 3.05) is 18.0 Å². The fourth-order valence-electron chi connectivity index (χ4n) is 1.96. The largest absolute Gasteiger partial charge is 0.481 e. The molecule has 0 spiro atoms. The zero-order valence-corrected chi connectivity index (χ0v) is 10.4. The van der Waals surface area contributed by atoms with Crippen LogP contribution in [0.3, 0.4) is 0 Å². The molecule has 1 aromatic heterocycles. The Morgan fingerprint density at radius 3 is 3.06 bits per heavy atom. The molecule has 0 saturated carbocycles. The first-order valence-corrected chi connectivity index (χ1v) is 6.06. The van der Waals surface area contributed by atoms with E-state index in [1.165, 1.54) is 0 Å². The minimum absolute atomic E-state index is 0.269. The third kappa shape index (κ3) is 2.52. The Kier molecular flexibility index (Phi) is 3.43. The quantitative estimate of drug-likeness (QED) is 0.846. The first-order valence-electron chi connectivity index (χ1n) is 5.27. The molecule has 0 aliphatic carbocycles. The van der Waals surface area contributed by atoms with Gasteiger partial charge in [0.1, 0.15) is 10.4 Å². The maximum atomic E-state index is 10.9. The zero-order chi connectivity index (χ0) is 11.5. The number of carbonyl (C=O) groups is 1. The highest BCUT2D eigenvalue weighted by molar-refractivity contribution is 9.10. The van der Waals surface area contributed by atoms with Gasteiger partial charge < -0.3 is 10.0 Å². The highest BCUT2D eigenvalue weighted by atomic mass is 79.9. The van der Waals surface area contributed by atoms with Crippen molar-refractivity contribution < 1.29 is 9.90 Å². The van der Waals surface area contributed by atoms with Gasteiger partial charge in [-0.05, 0) is 40.9 Å². The molecule has 86 valence electrons. The Bertz CT molecular complexity index is 397. The molecule has 2 rings (SSSR count). The molecule has 0 unspecified atom stereocenters. The minimum Gasteiger partial charge on any atom is -0.481 e. The van der Waals surface area contributed by atoms with Crippen LogP contribution in [0.2, 0.25) is 0 Å². The van der Waals surface area contributed by atoms with Crippen molar-refractivity contribution in [1.29, 1.82) is 0 Å². The van der Waals surface area contributed by atoms with Crippen molar-refractivity contribution in [1.82, 2.24) is 4.98 Å². The number of piperidine rings is 1. The lowest BCUT2D eigenvalue weighted by atomic mass is 9.98. The van der Waals surface area contributed by atoms with Crippen molar-refractivity contribution in [3.05, 3.63) is 22.8 Å². The van der Waals surface area contributed by atoms with E-state index < -0.39 is 5.97 Å². The summed E-state index contributed by atoms with van der Waals surface area (Å²) < 4.78 is 0.780. The van der Waals surface area contributed by atoms with E-state index >= 15 is 0 Å².